The van der Waals surface area contributed by atoms with E-state index in [2.05, 4.69) is 4.98 Å². The first kappa shape index (κ1) is 17.5. The molecule has 2 heterocycles. The Labute approximate surface area is 151 Å². The Morgan fingerprint density at radius 2 is 2.12 bits per heavy atom. The van der Waals surface area contributed by atoms with E-state index in [1.807, 2.05) is 18.2 Å². The molecule has 0 atom stereocenters. The molecule has 3 N–H and O–H groups in total. The molecule has 1 saturated heterocycles. The Kier molecular flexibility index (Phi) is 5.40. The van der Waals surface area contributed by atoms with Crippen LogP contribution in [-0.4, -0.2) is 35.9 Å². The summed E-state index contributed by atoms with van der Waals surface area (Å²) < 4.78 is 5.35. The van der Waals surface area contributed by atoms with Crippen LogP contribution in [0.15, 0.2) is 36.5 Å². The SMILES string of the molecule is Nc1cc(-c2cccc(N(CC3CCOCC3)C(=O)O)c2)c(Cl)cn1. The van der Waals surface area contributed by atoms with E-state index >= 15 is 0 Å². The van der Waals surface area contributed by atoms with Crippen LogP contribution in [0.3, 0.4) is 0 Å². The number of anilines is 2. The van der Waals surface area contributed by atoms with Gasteiger partial charge in [-0.25, -0.2) is 9.78 Å². The van der Waals surface area contributed by atoms with Crippen LogP contribution in [0.2, 0.25) is 5.02 Å². The van der Waals surface area contributed by atoms with Crippen molar-refractivity contribution in [1.82, 2.24) is 4.98 Å². The van der Waals surface area contributed by atoms with Gasteiger partial charge in [0.2, 0.25) is 0 Å². The quantitative estimate of drug-likeness (QED) is 0.862. The van der Waals surface area contributed by atoms with Gasteiger partial charge in [-0.15, -0.1) is 0 Å². The average molecular weight is 362 g/mol. The molecule has 1 aliphatic heterocycles. The number of nitrogens with two attached hydrogens (primary N) is 1. The molecule has 1 amide bonds. The average Bonchev–Trinajstić information content (AvgIpc) is 2.62. The zero-order valence-corrected chi connectivity index (χ0v) is 14.4. The molecule has 6 nitrogen and oxygen atoms in total. The molecule has 1 fully saturated rings. The summed E-state index contributed by atoms with van der Waals surface area (Å²) in [4.78, 5) is 17.1. The molecule has 0 spiro atoms. The molecular formula is C18H20ClN3O3. The van der Waals surface area contributed by atoms with E-state index in [1.165, 1.54) is 11.1 Å². The van der Waals surface area contributed by atoms with Crippen LogP contribution in [0.1, 0.15) is 12.8 Å². The fraction of sp³-hybridized carbons (Fsp3) is 0.333. The van der Waals surface area contributed by atoms with Gasteiger partial charge >= 0.3 is 6.09 Å². The molecule has 1 aliphatic rings. The van der Waals surface area contributed by atoms with Crippen LogP contribution < -0.4 is 10.6 Å². The summed E-state index contributed by atoms with van der Waals surface area (Å²) in [5, 5.41) is 10.1. The molecule has 0 bridgehead atoms. The lowest BCUT2D eigenvalue weighted by Gasteiger charge is -2.28. The summed E-state index contributed by atoms with van der Waals surface area (Å²) in [5.41, 5.74) is 7.89. The summed E-state index contributed by atoms with van der Waals surface area (Å²) in [6.45, 7) is 1.82. The third-order valence-corrected chi connectivity index (χ3v) is 4.66. The van der Waals surface area contributed by atoms with E-state index < -0.39 is 6.09 Å². The largest absolute Gasteiger partial charge is 0.465 e. The van der Waals surface area contributed by atoms with Crippen molar-refractivity contribution in [3.8, 4) is 11.1 Å². The van der Waals surface area contributed by atoms with Gasteiger partial charge < -0.3 is 15.6 Å². The molecule has 0 unspecified atom stereocenters. The number of benzene rings is 1. The van der Waals surface area contributed by atoms with Gasteiger partial charge in [0.05, 0.1) is 5.02 Å². The fourth-order valence-corrected chi connectivity index (χ4v) is 3.21. The van der Waals surface area contributed by atoms with Gasteiger partial charge in [-0.3, -0.25) is 4.90 Å². The molecule has 25 heavy (non-hydrogen) atoms. The Morgan fingerprint density at radius 3 is 2.84 bits per heavy atom. The maximum atomic E-state index is 11.8. The van der Waals surface area contributed by atoms with E-state index in [4.69, 9.17) is 22.1 Å². The number of hydrogen-bond donors (Lipinski definition) is 2. The van der Waals surface area contributed by atoms with Crippen LogP contribution in [0.5, 0.6) is 0 Å². The number of hydrogen-bond acceptors (Lipinski definition) is 4. The summed E-state index contributed by atoms with van der Waals surface area (Å²) >= 11 is 6.22. The first-order chi connectivity index (χ1) is 12.0. The van der Waals surface area contributed by atoms with Crippen molar-refractivity contribution in [1.29, 1.82) is 0 Å². The zero-order valence-electron chi connectivity index (χ0n) is 13.7. The monoisotopic (exact) mass is 361 g/mol. The van der Waals surface area contributed by atoms with E-state index in [0.29, 0.717) is 42.2 Å². The van der Waals surface area contributed by atoms with Gasteiger partial charge in [-0.1, -0.05) is 23.7 Å². The van der Waals surface area contributed by atoms with Gasteiger partial charge in [0.1, 0.15) is 5.82 Å². The lowest BCUT2D eigenvalue weighted by atomic mass is 9.99. The van der Waals surface area contributed by atoms with Crippen LogP contribution in [-0.2, 0) is 4.74 Å². The predicted molar refractivity (Wildman–Crippen MR) is 98.0 cm³/mol. The molecule has 0 saturated carbocycles. The molecule has 1 aromatic heterocycles. The maximum Gasteiger partial charge on any atom is 0.411 e. The first-order valence-corrected chi connectivity index (χ1v) is 8.52. The Balaban J connectivity index is 1.89. The summed E-state index contributed by atoms with van der Waals surface area (Å²) in [7, 11) is 0. The summed E-state index contributed by atoms with van der Waals surface area (Å²) in [6, 6.07) is 8.98. The van der Waals surface area contributed by atoms with E-state index in [9.17, 15) is 9.90 Å². The minimum absolute atomic E-state index is 0.300. The minimum atomic E-state index is -0.969. The smallest absolute Gasteiger partial charge is 0.411 e. The van der Waals surface area contributed by atoms with Crippen molar-refractivity contribution in [2.45, 2.75) is 12.8 Å². The number of carboxylic acid groups (broad SMARTS) is 1. The Bertz CT molecular complexity index is 763. The van der Waals surface area contributed by atoms with Crippen LogP contribution in [0, 0.1) is 5.92 Å². The molecule has 7 heteroatoms. The first-order valence-electron chi connectivity index (χ1n) is 8.14. The maximum absolute atomic E-state index is 11.8. The van der Waals surface area contributed by atoms with Gasteiger partial charge in [0.15, 0.2) is 0 Å². The number of carbonyl (C=O) groups is 1. The second-order valence-corrected chi connectivity index (χ2v) is 6.50. The second-order valence-electron chi connectivity index (χ2n) is 6.09. The normalized spacial score (nSPS) is 15.1. The highest BCUT2D eigenvalue weighted by Gasteiger charge is 2.22. The molecular weight excluding hydrogens is 342 g/mol. The Morgan fingerprint density at radius 1 is 1.36 bits per heavy atom. The molecule has 0 aliphatic carbocycles. The van der Waals surface area contributed by atoms with Crippen molar-refractivity contribution < 1.29 is 14.6 Å². The molecule has 2 aromatic rings. The Hall–Kier alpha value is -2.31. The topological polar surface area (TPSA) is 88.7 Å². The lowest BCUT2D eigenvalue weighted by molar-refractivity contribution is 0.0680. The van der Waals surface area contributed by atoms with Crippen LogP contribution >= 0.6 is 11.6 Å². The van der Waals surface area contributed by atoms with Crippen molar-refractivity contribution in [2.24, 2.45) is 5.92 Å². The fourth-order valence-electron chi connectivity index (χ4n) is 3.00. The van der Waals surface area contributed by atoms with Crippen LogP contribution in [0.25, 0.3) is 11.1 Å². The standard InChI is InChI=1S/C18H20ClN3O3/c19-16-10-21-17(20)9-15(16)13-2-1-3-14(8-13)22(18(23)24)11-12-4-6-25-7-5-12/h1-3,8-10,12H,4-7,11H2,(H2,20,21)(H,23,24). The zero-order chi connectivity index (χ0) is 17.8. The molecule has 132 valence electrons. The third kappa shape index (κ3) is 4.21. The molecule has 1 aromatic carbocycles. The number of aromatic nitrogens is 1. The van der Waals surface area contributed by atoms with Crippen molar-refractivity contribution in [2.75, 3.05) is 30.4 Å². The summed E-state index contributed by atoms with van der Waals surface area (Å²) in [5.74, 6) is 0.663. The van der Waals surface area contributed by atoms with Crippen LogP contribution in [0.4, 0.5) is 16.3 Å². The highest BCUT2D eigenvalue weighted by atomic mass is 35.5. The molecule has 0 radical (unpaired) electrons. The number of ether oxygens (including phenoxy) is 1. The number of amides is 1. The second kappa shape index (κ2) is 7.72. The van der Waals surface area contributed by atoms with Crippen molar-refractivity contribution in [3.05, 3.63) is 41.6 Å². The van der Waals surface area contributed by atoms with Gasteiger partial charge in [-0.2, -0.15) is 0 Å². The number of pyridine rings is 1. The third-order valence-electron chi connectivity index (χ3n) is 4.36. The van der Waals surface area contributed by atoms with Gasteiger partial charge in [0, 0.05) is 37.2 Å². The number of rotatable bonds is 4. The van der Waals surface area contributed by atoms with E-state index in [1.54, 1.807) is 12.1 Å². The predicted octanol–water partition coefficient (Wildman–Crippen LogP) is 3.90. The van der Waals surface area contributed by atoms with Crippen molar-refractivity contribution >= 4 is 29.2 Å². The van der Waals surface area contributed by atoms with E-state index in [-0.39, 0.29) is 0 Å². The minimum Gasteiger partial charge on any atom is -0.465 e. The highest BCUT2D eigenvalue weighted by Crippen LogP contribution is 2.31. The molecule has 3 rings (SSSR count). The number of halogens is 1. The van der Waals surface area contributed by atoms with Gasteiger partial charge in [0.25, 0.3) is 0 Å². The number of nitrogens with zero attached hydrogens (tertiary/aromatic N) is 2. The van der Waals surface area contributed by atoms with Crippen molar-refractivity contribution in [3.63, 3.8) is 0 Å². The highest BCUT2D eigenvalue weighted by molar-refractivity contribution is 6.33. The lowest BCUT2D eigenvalue weighted by Crippen LogP contribution is -2.36. The summed E-state index contributed by atoms with van der Waals surface area (Å²) in [6.07, 6.45) is 2.27. The van der Waals surface area contributed by atoms with Gasteiger partial charge in [-0.05, 0) is 42.5 Å². The van der Waals surface area contributed by atoms with E-state index in [0.717, 1.165) is 24.0 Å². The number of nitrogen functional groups attached to an aromatic ring is 1.